The summed E-state index contributed by atoms with van der Waals surface area (Å²) >= 11 is 5.96. The maximum Gasteiger partial charge on any atom is 0.335 e. The average Bonchev–Trinajstić information content (AvgIpc) is 2.27. The molecule has 1 heterocycles. The van der Waals surface area contributed by atoms with E-state index < -0.39 is 11.7 Å². The van der Waals surface area contributed by atoms with Crippen molar-refractivity contribution in [2.45, 2.75) is 6.42 Å². The van der Waals surface area contributed by atoms with E-state index in [4.69, 9.17) is 11.6 Å². The van der Waals surface area contributed by atoms with Crippen molar-refractivity contribution in [2.24, 2.45) is 10.2 Å². The summed E-state index contributed by atoms with van der Waals surface area (Å²) in [4.78, 5) is 21.8. The molecule has 0 N–H and O–H groups in total. The molecular formula is C11H7ClN2O2. The number of allylic oxidation sites excluding steroid dienone is 1. The lowest BCUT2D eigenvalue weighted by Gasteiger charge is -2.05. The predicted molar refractivity (Wildman–Crippen MR) is 58.1 cm³/mol. The number of azo groups is 1. The van der Waals surface area contributed by atoms with Gasteiger partial charge in [-0.05, 0) is 11.6 Å². The van der Waals surface area contributed by atoms with Gasteiger partial charge in [0.15, 0.2) is 0 Å². The van der Waals surface area contributed by atoms with Crippen LogP contribution in [0.4, 0.5) is 0 Å². The maximum atomic E-state index is 11.1. The fourth-order valence-electron chi connectivity index (χ4n) is 1.32. The molecule has 1 amide bonds. The zero-order valence-corrected chi connectivity index (χ0v) is 8.94. The molecular weight excluding hydrogens is 228 g/mol. The number of hydrogen-bond donors (Lipinski definition) is 0. The number of carbonyl (C=O) groups is 2. The van der Waals surface area contributed by atoms with Crippen LogP contribution in [0.1, 0.15) is 5.56 Å². The highest BCUT2D eigenvalue weighted by Crippen LogP contribution is 2.20. The number of carbonyl (C=O) groups excluding carboxylic acids is 2. The Morgan fingerprint density at radius 1 is 1.12 bits per heavy atom. The number of halogens is 1. The Hall–Kier alpha value is -1.81. The molecule has 0 aromatic heterocycles. The van der Waals surface area contributed by atoms with Crippen molar-refractivity contribution in [3.63, 3.8) is 0 Å². The van der Waals surface area contributed by atoms with Gasteiger partial charge >= 0.3 is 5.91 Å². The van der Waals surface area contributed by atoms with Crippen LogP contribution in [0.5, 0.6) is 0 Å². The van der Waals surface area contributed by atoms with Crippen LogP contribution in [0.25, 0.3) is 0 Å². The second kappa shape index (κ2) is 4.37. The molecule has 1 aliphatic rings. The second-order valence-electron chi connectivity index (χ2n) is 3.27. The van der Waals surface area contributed by atoms with Crippen molar-refractivity contribution < 1.29 is 9.59 Å². The molecule has 0 saturated carbocycles. The number of rotatable bonds is 2. The molecule has 2 rings (SSSR count). The van der Waals surface area contributed by atoms with E-state index in [9.17, 15) is 9.59 Å². The first-order chi connectivity index (χ1) is 7.66. The Morgan fingerprint density at radius 2 is 1.88 bits per heavy atom. The molecule has 5 heteroatoms. The van der Waals surface area contributed by atoms with Gasteiger partial charge in [-0.15, -0.1) is 5.11 Å². The SMILES string of the molecule is O=C1C=C(Cc2ccccc2Cl)N=NC1=O. The van der Waals surface area contributed by atoms with Crippen molar-refractivity contribution in [3.8, 4) is 0 Å². The first-order valence-electron chi connectivity index (χ1n) is 4.61. The quantitative estimate of drug-likeness (QED) is 0.738. The zero-order valence-electron chi connectivity index (χ0n) is 8.18. The van der Waals surface area contributed by atoms with Crippen LogP contribution < -0.4 is 0 Å². The minimum absolute atomic E-state index is 0.391. The van der Waals surface area contributed by atoms with Crippen molar-refractivity contribution >= 4 is 23.3 Å². The number of amides is 1. The highest BCUT2D eigenvalue weighted by atomic mass is 35.5. The maximum absolute atomic E-state index is 11.1. The molecule has 0 unspecified atom stereocenters. The minimum Gasteiger partial charge on any atom is -0.284 e. The molecule has 4 nitrogen and oxygen atoms in total. The summed E-state index contributed by atoms with van der Waals surface area (Å²) in [5, 5.41) is 7.50. The molecule has 1 aromatic rings. The van der Waals surface area contributed by atoms with E-state index in [-0.39, 0.29) is 0 Å². The van der Waals surface area contributed by atoms with Gasteiger partial charge in [0.05, 0.1) is 5.70 Å². The molecule has 1 aromatic carbocycles. The average molecular weight is 235 g/mol. The first-order valence-corrected chi connectivity index (χ1v) is 4.98. The second-order valence-corrected chi connectivity index (χ2v) is 3.68. The fourth-order valence-corrected chi connectivity index (χ4v) is 1.53. The van der Waals surface area contributed by atoms with Crippen LogP contribution in [0, 0.1) is 0 Å². The van der Waals surface area contributed by atoms with Crippen molar-refractivity contribution in [3.05, 3.63) is 46.6 Å². The normalized spacial score (nSPS) is 15.2. The molecule has 0 fully saturated rings. The van der Waals surface area contributed by atoms with E-state index in [2.05, 4.69) is 10.2 Å². The summed E-state index contributed by atoms with van der Waals surface area (Å²) in [6.45, 7) is 0. The summed E-state index contributed by atoms with van der Waals surface area (Å²) in [7, 11) is 0. The molecule has 80 valence electrons. The standard InChI is InChI=1S/C11H7ClN2O2/c12-9-4-2-1-3-7(9)5-8-6-10(15)11(16)14-13-8/h1-4,6H,5H2. The lowest BCUT2D eigenvalue weighted by molar-refractivity contribution is -0.133. The first kappa shape index (κ1) is 10.7. The summed E-state index contributed by atoms with van der Waals surface area (Å²) in [5.74, 6) is -1.47. The highest BCUT2D eigenvalue weighted by Gasteiger charge is 2.17. The van der Waals surface area contributed by atoms with E-state index in [1.807, 2.05) is 18.2 Å². The van der Waals surface area contributed by atoms with Gasteiger partial charge in [0, 0.05) is 17.5 Å². The van der Waals surface area contributed by atoms with Gasteiger partial charge in [-0.25, -0.2) is 0 Å². The Bertz CT molecular complexity index is 520. The largest absolute Gasteiger partial charge is 0.335 e. The highest BCUT2D eigenvalue weighted by molar-refractivity contribution is 6.41. The van der Waals surface area contributed by atoms with Crippen LogP contribution in [0.15, 0.2) is 46.3 Å². The van der Waals surface area contributed by atoms with Crippen LogP contribution in [-0.4, -0.2) is 11.7 Å². The zero-order chi connectivity index (χ0) is 11.5. The van der Waals surface area contributed by atoms with Crippen LogP contribution in [0.3, 0.4) is 0 Å². The Balaban J connectivity index is 2.21. The minimum atomic E-state index is -0.831. The fraction of sp³-hybridized carbons (Fsp3) is 0.0909. The molecule has 1 aliphatic heterocycles. The van der Waals surface area contributed by atoms with Gasteiger partial charge in [-0.2, -0.15) is 5.11 Å². The van der Waals surface area contributed by atoms with Gasteiger partial charge in [0.2, 0.25) is 5.78 Å². The summed E-state index contributed by atoms with van der Waals surface area (Å²) in [6, 6.07) is 7.25. The molecule has 0 aliphatic carbocycles. The summed E-state index contributed by atoms with van der Waals surface area (Å²) in [6.07, 6.45) is 1.58. The Morgan fingerprint density at radius 3 is 2.56 bits per heavy atom. The smallest absolute Gasteiger partial charge is 0.284 e. The van der Waals surface area contributed by atoms with E-state index in [0.717, 1.165) is 5.56 Å². The van der Waals surface area contributed by atoms with Gasteiger partial charge < -0.3 is 0 Å². The van der Waals surface area contributed by atoms with Crippen molar-refractivity contribution in [2.75, 3.05) is 0 Å². The number of benzene rings is 1. The Labute approximate surface area is 96.6 Å². The van der Waals surface area contributed by atoms with Crippen LogP contribution >= 0.6 is 11.6 Å². The third kappa shape index (κ3) is 2.23. The van der Waals surface area contributed by atoms with Crippen molar-refractivity contribution in [1.29, 1.82) is 0 Å². The number of hydrogen-bond acceptors (Lipinski definition) is 3. The van der Waals surface area contributed by atoms with E-state index in [1.165, 1.54) is 6.08 Å². The summed E-state index contributed by atoms with van der Waals surface area (Å²) in [5.41, 5.74) is 1.29. The van der Waals surface area contributed by atoms with E-state index >= 15 is 0 Å². The lowest BCUT2D eigenvalue weighted by atomic mass is 10.1. The number of ketones is 1. The third-order valence-corrected chi connectivity index (χ3v) is 2.48. The van der Waals surface area contributed by atoms with Crippen LogP contribution in [-0.2, 0) is 16.0 Å². The molecule has 0 spiro atoms. The summed E-state index contributed by atoms with van der Waals surface area (Å²) < 4.78 is 0. The molecule has 0 radical (unpaired) electrons. The molecule has 0 bridgehead atoms. The number of nitrogens with zero attached hydrogens (tertiary/aromatic N) is 2. The lowest BCUT2D eigenvalue weighted by Crippen LogP contribution is -2.12. The van der Waals surface area contributed by atoms with Gasteiger partial charge in [-0.1, -0.05) is 29.8 Å². The van der Waals surface area contributed by atoms with Crippen molar-refractivity contribution in [1.82, 2.24) is 0 Å². The van der Waals surface area contributed by atoms with E-state index in [1.54, 1.807) is 6.07 Å². The molecule has 0 saturated heterocycles. The van der Waals surface area contributed by atoms with Gasteiger partial charge in [0.25, 0.3) is 0 Å². The third-order valence-electron chi connectivity index (χ3n) is 2.11. The van der Waals surface area contributed by atoms with Gasteiger partial charge in [0.1, 0.15) is 0 Å². The van der Waals surface area contributed by atoms with Gasteiger partial charge in [-0.3, -0.25) is 9.59 Å². The molecule has 0 atom stereocenters. The molecule has 16 heavy (non-hydrogen) atoms. The topological polar surface area (TPSA) is 58.9 Å². The Kier molecular flexibility index (Phi) is 2.92. The van der Waals surface area contributed by atoms with Crippen LogP contribution in [0.2, 0.25) is 5.02 Å². The monoisotopic (exact) mass is 234 g/mol. The predicted octanol–water partition coefficient (Wildman–Crippen LogP) is 2.33. The van der Waals surface area contributed by atoms with E-state index in [0.29, 0.717) is 17.1 Å².